The zero-order valence-electron chi connectivity index (χ0n) is 17.4. The van der Waals surface area contributed by atoms with E-state index in [2.05, 4.69) is 51.5 Å². The number of piperidine rings is 1. The SMILES string of the molecule is CCNC(=NCc1nnc(C)n1C)NC1CCN(CCOC(C)C)CC1.I. The summed E-state index contributed by atoms with van der Waals surface area (Å²) in [6, 6.07) is 0.455. The first-order valence-corrected chi connectivity index (χ1v) is 9.73. The van der Waals surface area contributed by atoms with Crippen molar-refractivity contribution < 1.29 is 4.74 Å². The van der Waals surface area contributed by atoms with Gasteiger partial charge in [-0.1, -0.05) is 0 Å². The van der Waals surface area contributed by atoms with Gasteiger partial charge in [0.2, 0.25) is 0 Å². The van der Waals surface area contributed by atoms with Crippen LogP contribution < -0.4 is 10.6 Å². The van der Waals surface area contributed by atoms with Crippen molar-refractivity contribution in [1.82, 2.24) is 30.3 Å². The van der Waals surface area contributed by atoms with Crippen LogP contribution in [0.3, 0.4) is 0 Å². The van der Waals surface area contributed by atoms with Crippen LogP contribution in [0, 0.1) is 6.92 Å². The second-order valence-electron chi connectivity index (χ2n) is 7.10. The van der Waals surface area contributed by atoms with Crippen LogP contribution in [0.15, 0.2) is 4.99 Å². The van der Waals surface area contributed by atoms with Crippen LogP contribution in [0.5, 0.6) is 0 Å². The summed E-state index contributed by atoms with van der Waals surface area (Å²) in [5, 5.41) is 15.2. The molecule has 1 saturated heterocycles. The summed E-state index contributed by atoms with van der Waals surface area (Å²) in [7, 11) is 1.97. The minimum absolute atomic E-state index is 0. The molecule has 1 aliphatic rings. The number of nitrogens with zero attached hydrogens (tertiary/aromatic N) is 5. The molecule has 0 amide bonds. The normalized spacial score (nSPS) is 16.4. The van der Waals surface area contributed by atoms with Crippen LogP contribution in [0.25, 0.3) is 0 Å². The molecule has 0 aromatic carbocycles. The Morgan fingerprint density at radius 2 is 2.00 bits per heavy atom. The van der Waals surface area contributed by atoms with E-state index in [1.54, 1.807) is 0 Å². The summed E-state index contributed by atoms with van der Waals surface area (Å²) in [6.45, 7) is 13.6. The van der Waals surface area contributed by atoms with Gasteiger partial charge >= 0.3 is 0 Å². The summed E-state index contributed by atoms with van der Waals surface area (Å²) in [5.74, 6) is 2.64. The Labute approximate surface area is 180 Å². The second kappa shape index (κ2) is 12.5. The maximum atomic E-state index is 5.65. The van der Waals surface area contributed by atoms with Gasteiger partial charge in [0.15, 0.2) is 11.8 Å². The van der Waals surface area contributed by atoms with Crippen LogP contribution in [-0.4, -0.2) is 70.6 Å². The molecule has 1 fully saturated rings. The van der Waals surface area contributed by atoms with Gasteiger partial charge in [-0.15, -0.1) is 34.2 Å². The zero-order chi connectivity index (χ0) is 18.9. The number of hydrogen-bond acceptors (Lipinski definition) is 5. The van der Waals surface area contributed by atoms with Crippen molar-refractivity contribution in [2.75, 3.05) is 32.8 Å². The fourth-order valence-electron chi connectivity index (χ4n) is 2.97. The average Bonchev–Trinajstić information content (AvgIpc) is 2.93. The molecular formula is C18H36IN7O. The number of halogens is 1. The first-order valence-electron chi connectivity index (χ1n) is 9.73. The summed E-state index contributed by atoms with van der Waals surface area (Å²) >= 11 is 0. The lowest BCUT2D eigenvalue weighted by atomic mass is 10.1. The Kier molecular flexibility index (Phi) is 11.2. The number of likely N-dealkylation sites (tertiary alicyclic amines) is 1. The van der Waals surface area contributed by atoms with Gasteiger partial charge in [0, 0.05) is 39.3 Å². The third kappa shape index (κ3) is 8.30. The van der Waals surface area contributed by atoms with Crippen molar-refractivity contribution in [3.05, 3.63) is 11.6 Å². The van der Waals surface area contributed by atoms with E-state index in [4.69, 9.17) is 4.74 Å². The van der Waals surface area contributed by atoms with E-state index in [0.29, 0.717) is 18.7 Å². The first-order chi connectivity index (χ1) is 12.5. The Bertz CT molecular complexity index is 568. The van der Waals surface area contributed by atoms with Crippen molar-refractivity contribution in [3.8, 4) is 0 Å². The van der Waals surface area contributed by atoms with Crippen LogP contribution >= 0.6 is 24.0 Å². The highest BCUT2D eigenvalue weighted by atomic mass is 127. The lowest BCUT2D eigenvalue weighted by molar-refractivity contribution is 0.0532. The molecule has 0 spiro atoms. The third-order valence-corrected chi connectivity index (χ3v) is 4.69. The molecule has 8 nitrogen and oxygen atoms in total. The smallest absolute Gasteiger partial charge is 0.191 e. The van der Waals surface area contributed by atoms with Crippen molar-refractivity contribution in [3.63, 3.8) is 0 Å². The quantitative estimate of drug-likeness (QED) is 0.326. The fourth-order valence-corrected chi connectivity index (χ4v) is 2.97. The predicted molar refractivity (Wildman–Crippen MR) is 120 cm³/mol. The highest BCUT2D eigenvalue weighted by Crippen LogP contribution is 2.10. The van der Waals surface area contributed by atoms with E-state index in [1.807, 2.05) is 18.5 Å². The van der Waals surface area contributed by atoms with Crippen molar-refractivity contribution in [2.24, 2.45) is 12.0 Å². The summed E-state index contributed by atoms with van der Waals surface area (Å²) < 4.78 is 7.63. The Balaban J connectivity index is 0.00000364. The lowest BCUT2D eigenvalue weighted by Crippen LogP contribution is -2.49. The Morgan fingerprint density at radius 1 is 1.30 bits per heavy atom. The number of aromatic nitrogens is 3. The number of aliphatic imine (C=N–C) groups is 1. The van der Waals surface area contributed by atoms with Gasteiger partial charge in [-0.2, -0.15) is 0 Å². The Morgan fingerprint density at radius 3 is 2.56 bits per heavy atom. The number of nitrogens with one attached hydrogen (secondary N) is 2. The van der Waals surface area contributed by atoms with Gasteiger partial charge in [0.05, 0.1) is 12.7 Å². The van der Waals surface area contributed by atoms with Crippen LogP contribution in [0.2, 0.25) is 0 Å². The number of guanidine groups is 1. The number of aryl methyl sites for hydroxylation is 1. The van der Waals surface area contributed by atoms with Gasteiger partial charge in [-0.05, 0) is 40.5 Å². The number of rotatable bonds is 8. The van der Waals surface area contributed by atoms with Gasteiger partial charge in [0.1, 0.15) is 12.4 Å². The molecule has 9 heteroatoms. The summed E-state index contributed by atoms with van der Waals surface area (Å²) in [5.41, 5.74) is 0. The average molecular weight is 493 g/mol. The largest absolute Gasteiger partial charge is 0.377 e. The van der Waals surface area contributed by atoms with Crippen LogP contribution in [-0.2, 0) is 18.3 Å². The molecule has 0 unspecified atom stereocenters. The monoisotopic (exact) mass is 493 g/mol. The molecule has 1 aromatic heterocycles. The van der Waals surface area contributed by atoms with Crippen LogP contribution in [0.4, 0.5) is 0 Å². The molecule has 0 atom stereocenters. The molecule has 1 aliphatic heterocycles. The molecule has 2 heterocycles. The summed E-state index contributed by atoms with van der Waals surface area (Å²) in [4.78, 5) is 7.16. The van der Waals surface area contributed by atoms with Crippen molar-refractivity contribution in [2.45, 2.75) is 59.2 Å². The number of hydrogen-bond donors (Lipinski definition) is 2. The number of ether oxygens (including phenoxy) is 1. The standard InChI is InChI=1S/C18H35N7O.HI/c1-6-19-18(20-13-17-23-22-15(4)24(17)5)21-16-7-9-25(10-8-16)11-12-26-14(2)3;/h14,16H,6-13H2,1-5H3,(H2,19,20,21);1H. The van der Waals surface area contributed by atoms with E-state index < -0.39 is 0 Å². The topological polar surface area (TPSA) is 79.6 Å². The van der Waals surface area contributed by atoms with E-state index in [1.165, 1.54) is 0 Å². The lowest BCUT2D eigenvalue weighted by Gasteiger charge is -2.33. The maximum Gasteiger partial charge on any atom is 0.191 e. The predicted octanol–water partition coefficient (Wildman–Crippen LogP) is 1.69. The second-order valence-corrected chi connectivity index (χ2v) is 7.10. The minimum Gasteiger partial charge on any atom is -0.377 e. The molecule has 156 valence electrons. The molecular weight excluding hydrogens is 457 g/mol. The fraction of sp³-hybridized carbons (Fsp3) is 0.833. The van der Waals surface area contributed by atoms with Gasteiger partial charge in [-0.3, -0.25) is 0 Å². The molecule has 0 saturated carbocycles. The Hall–Kier alpha value is -0.940. The van der Waals surface area contributed by atoms with E-state index in [0.717, 1.165) is 63.2 Å². The molecule has 0 bridgehead atoms. The maximum absolute atomic E-state index is 5.65. The summed E-state index contributed by atoms with van der Waals surface area (Å²) in [6.07, 6.45) is 2.55. The van der Waals surface area contributed by atoms with E-state index >= 15 is 0 Å². The van der Waals surface area contributed by atoms with E-state index in [-0.39, 0.29) is 24.0 Å². The van der Waals surface area contributed by atoms with Crippen molar-refractivity contribution >= 4 is 29.9 Å². The first kappa shape index (κ1) is 24.1. The molecule has 0 radical (unpaired) electrons. The molecule has 2 N–H and O–H groups in total. The van der Waals surface area contributed by atoms with Gasteiger partial charge < -0.3 is 24.8 Å². The van der Waals surface area contributed by atoms with E-state index in [9.17, 15) is 0 Å². The highest BCUT2D eigenvalue weighted by molar-refractivity contribution is 14.0. The minimum atomic E-state index is 0. The van der Waals surface area contributed by atoms with Crippen molar-refractivity contribution in [1.29, 1.82) is 0 Å². The third-order valence-electron chi connectivity index (χ3n) is 4.69. The van der Waals surface area contributed by atoms with Gasteiger partial charge in [-0.25, -0.2) is 4.99 Å². The molecule has 0 aliphatic carbocycles. The van der Waals surface area contributed by atoms with Crippen LogP contribution in [0.1, 0.15) is 45.3 Å². The molecule has 2 rings (SSSR count). The van der Waals surface area contributed by atoms with Gasteiger partial charge in [0.25, 0.3) is 0 Å². The molecule has 27 heavy (non-hydrogen) atoms. The molecule has 1 aromatic rings. The zero-order valence-corrected chi connectivity index (χ0v) is 19.7. The highest BCUT2D eigenvalue weighted by Gasteiger charge is 2.20.